The molecule has 7 nitrogen and oxygen atoms in total. The number of hydrogen-bond acceptors (Lipinski definition) is 6. The van der Waals surface area contributed by atoms with Crippen molar-refractivity contribution in [2.24, 2.45) is 5.92 Å². The number of hydrogen-bond donors (Lipinski definition) is 0. The highest BCUT2D eigenvalue weighted by Gasteiger charge is 2.32. The summed E-state index contributed by atoms with van der Waals surface area (Å²) in [7, 11) is 0. The van der Waals surface area contributed by atoms with Gasteiger partial charge in [-0.2, -0.15) is 0 Å². The van der Waals surface area contributed by atoms with Gasteiger partial charge in [-0.05, 0) is 45.1 Å². The van der Waals surface area contributed by atoms with Crippen molar-refractivity contribution in [3.8, 4) is 0 Å². The van der Waals surface area contributed by atoms with Crippen LogP contribution < -0.4 is 4.90 Å². The van der Waals surface area contributed by atoms with Gasteiger partial charge in [-0.1, -0.05) is 0 Å². The zero-order chi connectivity index (χ0) is 20.7. The van der Waals surface area contributed by atoms with Gasteiger partial charge in [0.05, 0.1) is 11.7 Å². The van der Waals surface area contributed by atoms with E-state index in [1.54, 1.807) is 17.7 Å². The van der Waals surface area contributed by atoms with E-state index < -0.39 is 0 Å². The molecule has 0 aromatic carbocycles. The Bertz CT molecular complexity index is 1030. The van der Waals surface area contributed by atoms with Gasteiger partial charge in [-0.25, -0.2) is 15.0 Å². The van der Waals surface area contributed by atoms with Crippen molar-refractivity contribution in [1.29, 1.82) is 0 Å². The van der Waals surface area contributed by atoms with E-state index in [-0.39, 0.29) is 5.92 Å². The van der Waals surface area contributed by atoms with E-state index in [0.717, 1.165) is 62.5 Å². The van der Waals surface area contributed by atoms with Crippen LogP contribution in [-0.2, 0) is 4.79 Å². The normalized spacial score (nSPS) is 19.0. The van der Waals surface area contributed by atoms with Crippen molar-refractivity contribution in [3.63, 3.8) is 0 Å². The number of rotatable bonds is 3. The molecule has 0 atom stereocenters. The minimum absolute atomic E-state index is 0.133. The number of amides is 1. The van der Waals surface area contributed by atoms with Gasteiger partial charge in [0.2, 0.25) is 5.91 Å². The summed E-state index contributed by atoms with van der Waals surface area (Å²) in [5.41, 5.74) is 1.28. The van der Waals surface area contributed by atoms with E-state index in [4.69, 9.17) is 0 Å². The quantitative estimate of drug-likeness (QED) is 0.643. The van der Waals surface area contributed by atoms with Crippen molar-refractivity contribution in [2.45, 2.75) is 45.6 Å². The van der Waals surface area contributed by atoms with Gasteiger partial charge in [-0.3, -0.25) is 4.79 Å². The lowest BCUT2D eigenvalue weighted by Crippen LogP contribution is -2.45. The molecule has 8 heteroatoms. The lowest BCUT2D eigenvalue weighted by atomic mass is 9.93. The van der Waals surface area contributed by atoms with Crippen LogP contribution in [0.3, 0.4) is 0 Å². The molecule has 1 amide bonds. The fraction of sp³-hybridized carbons (Fsp3) is 0.545. The Morgan fingerprint density at radius 2 is 1.83 bits per heavy atom. The summed E-state index contributed by atoms with van der Waals surface area (Å²) in [5, 5.41) is 1.19. The summed E-state index contributed by atoms with van der Waals surface area (Å²) in [5.74, 6) is 1.51. The van der Waals surface area contributed by atoms with Crippen LogP contribution in [0.5, 0.6) is 0 Å². The van der Waals surface area contributed by atoms with E-state index in [1.807, 2.05) is 18.7 Å². The van der Waals surface area contributed by atoms with Crippen LogP contribution >= 0.6 is 11.3 Å². The molecule has 0 radical (unpaired) electrons. The Kier molecular flexibility index (Phi) is 5.18. The number of anilines is 1. The molecule has 0 saturated carbocycles. The van der Waals surface area contributed by atoms with Crippen LogP contribution in [0.15, 0.2) is 25.0 Å². The minimum atomic E-state index is 0.133. The molecule has 5 rings (SSSR count). The van der Waals surface area contributed by atoms with Crippen molar-refractivity contribution >= 4 is 33.3 Å². The zero-order valence-corrected chi connectivity index (χ0v) is 18.4. The first-order chi connectivity index (χ1) is 14.6. The summed E-state index contributed by atoms with van der Waals surface area (Å²) in [6.45, 7) is 7.76. The third kappa shape index (κ3) is 3.47. The monoisotopic (exact) mass is 424 g/mol. The molecule has 30 heavy (non-hydrogen) atoms. The van der Waals surface area contributed by atoms with E-state index in [2.05, 4.69) is 43.2 Å². The molecular formula is C22H28N6OS. The molecule has 0 bridgehead atoms. The second kappa shape index (κ2) is 7.98. The average Bonchev–Trinajstić information content (AvgIpc) is 3.42. The van der Waals surface area contributed by atoms with E-state index in [0.29, 0.717) is 11.9 Å². The van der Waals surface area contributed by atoms with Crippen LogP contribution in [0.2, 0.25) is 0 Å². The van der Waals surface area contributed by atoms with Crippen molar-refractivity contribution in [3.05, 3.63) is 35.5 Å². The number of piperidine rings is 2. The highest BCUT2D eigenvalue weighted by atomic mass is 32.1. The number of carbonyl (C=O) groups is 1. The fourth-order valence-electron chi connectivity index (χ4n) is 4.87. The minimum Gasteiger partial charge on any atom is -0.356 e. The molecule has 0 spiro atoms. The Morgan fingerprint density at radius 3 is 2.53 bits per heavy atom. The predicted octanol–water partition coefficient (Wildman–Crippen LogP) is 3.58. The Balaban J connectivity index is 1.21. The van der Waals surface area contributed by atoms with Crippen LogP contribution in [0.1, 0.15) is 42.2 Å². The molecule has 2 aliphatic heterocycles. The number of nitrogens with zero attached hydrogens (tertiary/aromatic N) is 6. The number of thiophene rings is 1. The molecule has 5 heterocycles. The third-order valence-corrected chi connectivity index (χ3v) is 7.93. The summed E-state index contributed by atoms with van der Waals surface area (Å²) in [6, 6.07) is 0.468. The average molecular weight is 425 g/mol. The number of aromatic nitrogens is 4. The number of likely N-dealkylation sites (tertiary alicyclic amines) is 1. The van der Waals surface area contributed by atoms with Gasteiger partial charge >= 0.3 is 0 Å². The van der Waals surface area contributed by atoms with Gasteiger partial charge in [0.15, 0.2) is 0 Å². The van der Waals surface area contributed by atoms with Gasteiger partial charge in [0.1, 0.15) is 17.0 Å². The molecular weight excluding hydrogens is 396 g/mol. The van der Waals surface area contributed by atoms with Crippen LogP contribution in [-0.4, -0.2) is 56.5 Å². The third-order valence-electron chi connectivity index (χ3n) is 6.81. The van der Waals surface area contributed by atoms with Gasteiger partial charge in [0.25, 0.3) is 0 Å². The lowest BCUT2D eigenvalue weighted by Gasteiger charge is -2.38. The lowest BCUT2D eigenvalue weighted by molar-refractivity contribution is -0.137. The van der Waals surface area contributed by atoms with E-state index >= 15 is 0 Å². The number of fused-ring (bicyclic) bond motifs is 1. The molecule has 158 valence electrons. The Labute approximate surface area is 180 Å². The number of imidazole rings is 1. The first-order valence-corrected chi connectivity index (χ1v) is 11.7. The SMILES string of the molecule is Cc1sc2ncnc(N3CCC(C(=O)N4CCC(n5ccnc5)CC4)CC3)c2c1C. The summed E-state index contributed by atoms with van der Waals surface area (Å²) in [4.78, 5) is 33.2. The van der Waals surface area contributed by atoms with E-state index in [9.17, 15) is 4.79 Å². The molecule has 2 fully saturated rings. The number of aryl methyl sites for hydroxylation is 2. The maximum Gasteiger partial charge on any atom is 0.225 e. The molecule has 2 saturated heterocycles. The Hall–Kier alpha value is -2.48. The molecule has 0 aliphatic carbocycles. The van der Waals surface area contributed by atoms with Gasteiger partial charge < -0.3 is 14.4 Å². The maximum absolute atomic E-state index is 13.1. The highest BCUT2D eigenvalue weighted by molar-refractivity contribution is 7.18. The van der Waals surface area contributed by atoms with Gasteiger partial charge in [-0.15, -0.1) is 11.3 Å². The first kappa shape index (κ1) is 19.5. The predicted molar refractivity (Wildman–Crippen MR) is 119 cm³/mol. The largest absolute Gasteiger partial charge is 0.356 e. The maximum atomic E-state index is 13.1. The fourth-order valence-corrected chi connectivity index (χ4v) is 5.86. The van der Waals surface area contributed by atoms with Crippen molar-refractivity contribution in [2.75, 3.05) is 31.1 Å². The number of carbonyl (C=O) groups excluding carboxylic acids is 1. The first-order valence-electron chi connectivity index (χ1n) is 10.8. The zero-order valence-electron chi connectivity index (χ0n) is 17.6. The Morgan fingerprint density at radius 1 is 1.07 bits per heavy atom. The second-order valence-electron chi connectivity index (χ2n) is 8.49. The summed E-state index contributed by atoms with van der Waals surface area (Å²) < 4.78 is 2.18. The van der Waals surface area contributed by atoms with Gasteiger partial charge in [0, 0.05) is 55.4 Å². The second-order valence-corrected chi connectivity index (χ2v) is 9.69. The molecule has 2 aliphatic rings. The molecule has 0 N–H and O–H groups in total. The topological polar surface area (TPSA) is 67.2 Å². The molecule has 3 aromatic heterocycles. The summed E-state index contributed by atoms with van der Waals surface area (Å²) in [6.07, 6.45) is 11.2. The molecule has 0 unspecified atom stereocenters. The molecule has 3 aromatic rings. The summed E-state index contributed by atoms with van der Waals surface area (Å²) >= 11 is 1.74. The van der Waals surface area contributed by atoms with E-state index in [1.165, 1.54) is 15.8 Å². The standard InChI is InChI=1S/C22H28N6OS/c1-15-16(2)30-21-19(15)20(24-13-25-21)26-8-3-17(4-9-26)22(29)27-10-5-18(6-11-27)28-12-7-23-14-28/h7,12-14,17-18H,3-6,8-11H2,1-2H3. The van der Waals surface area contributed by atoms with Crippen LogP contribution in [0.4, 0.5) is 5.82 Å². The van der Waals surface area contributed by atoms with Crippen LogP contribution in [0.25, 0.3) is 10.2 Å². The van der Waals surface area contributed by atoms with Crippen molar-refractivity contribution in [1.82, 2.24) is 24.4 Å². The highest BCUT2D eigenvalue weighted by Crippen LogP contribution is 2.36. The van der Waals surface area contributed by atoms with Crippen LogP contribution in [0, 0.1) is 19.8 Å². The smallest absolute Gasteiger partial charge is 0.225 e. The van der Waals surface area contributed by atoms with Crippen molar-refractivity contribution < 1.29 is 4.79 Å².